The number of carbonyl (C=O) groups excluding carboxylic acids is 2. The summed E-state index contributed by atoms with van der Waals surface area (Å²) in [5.41, 5.74) is 4.97. The highest BCUT2D eigenvalue weighted by Gasteiger charge is 2.31. The fourth-order valence-corrected chi connectivity index (χ4v) is 4.76. The van der Waals surface area contributed by atoms with Crippen LogP contribution in [0.15, 0.2) is 64.4 Å². The van der Waals surface area contributed by atoms with E-state index >= 15 is 0 Å². The summed E-state index contributed by atoms with van der Waals surface area (Å²) in [4.78, 5) is 28.0. The van der Waals surface area contributed by atoms with Gasteiger partial charge in [-0.1, -0.05) is 54.2 Å². The van der Waals surface area contributed by atoms with Crippen molar-refractivity contribution in [2.75, 3.05) is 19.4 Å². The van der Waals surface area contributed by atoms with E-state index in [-0.39, 0.29) is 11.8 Å². The first-order valence-corrected chi connectivity index (χ1v) is 10.1. The Labute approximate surface area is 173 Å². The first-order valence-electron chi connectivity index (χ1n) is 9.30. The van der Waals surface area contributed by atoms with Crippen molar-refractivity contribution in [3.8, 4) is 11.1 Å². The van der Waals surface area contributed by atoms with Crippen molar-refractivity contribution in [1.82, 2.24) is 10.6 Å². The van der Waals surface area contributed by atoms with Gasteiger partial charge in [-0.05, 0) is 30.2 Å². The topological polar surface area (TPSA) is 70.2 Å². The molecule has 0 bridgehead atoms. The maximum atomic E-state index is 13.1. The Morgan fingerprint density at radius 3 is 2.17 bits per heavy atom. The lowest BCUT2D eigenvalue weighted by Gasteiger charge is -2.28. The zero-order valence-corrected chi connectivity index (χ0v) is 17.2. The number of nitrogens with one attached hydrogen (secondary N) is 3. The molecule has 4 rings (SSSR count). The molecule has 0 radical (unpaired) electrons. The van der Waals surface area contributed by atoms with Crippen molar-refractivity contribution in [2.45, 2.75) is 16.7 Å². The van der Waals surface area contributed by atoms with Gasteiger partial charge in [-0.3, -0.25) is 9.59 Å². The van der Waals surface area contributed by atoms with Gasteiger partial charge in [-0.2, -0.15) is 0 Å². The van der Waals surface area contributed by atoms with Gasteiger partial charge in [0.15, 0.2) is 0 Å². The molecule has 1 aliphatic heterocycles. The molecule has 0 atom stereocenters. The Morgan fingerprint density at radius 1 is 0.862 bits per heavy atom. The molecule has 1 heterocycles. The van der Waals surface area contributed by atoms with E-state index in [4.69, 9.17) is 0 Å². The standard InChI is InChI=1S/C23H21N3O2S/c1-13-17(22(27)24-2)18(14-9-5-4-6-10-14)19(23(28)25-3)20-21(13)29-16-12-8-7-11-15(16)26-20/h4-12,26H,1-3H3,(H,24,27)(H,25,28). The summed E-state index contributed by atoms with van der Waals surface area (Å²) in [6.45, 7) is 1.94. The molecule has 3 aromatic rings. The number of amides is 2. The Bertz CT molecular complexity index is 1130. The average molecular weight is 404 g/mol. The third kappa shape index (κ3) is 3.15. The van der Waals surface area contributed by atoms with Crippen LogP contribution in [-0.2, 0) is 0 Å². The monoisotopic (exact) mass is 403 g/mol. The number of anilines is 2. The molecule has 0 spiro atoms. The molecule has 2 amide bonds. The SMILES string of the molecule is CNC(=O)c1c(C)c2c(c(C(=O)NC)c1-c1ccccc1)Nc1ccccc1S2. The van der Waals surface area contributed by atoms with Gasteiger partial charge in [0.25, 0.3) is 11.8 Å². The van der Waals surface area contributed by atoms with Crippen molar-refractivity contribution in [1.29, 1.82) is 0 Å². The molecule has 1 aliphatic rings. The molecule has 0 fully saturated rings. The van der Waals surface area contributed by atoms with Crippen LogP contribution < -0.4 is 16.0 Å². The van der Waals surface area contributed by atoms with E-state index in [9.17, 15) is 9.59 Å². The quantitative estimate of drug-likeness (QED) is 0.468. The van der Waals surface area contributed by atoms with Crippen LogP contribution in [0.5, 0.6) is 0 Å². The van der Waals surface area contributed by atoms with Crippen LogP contribution in [0.25, 0.3) is 11.1 Å². The molecule has 146 valence electrons. The lowest BCUT2D eigenvalue weighted by atomic mass is 9.88. The summed E-state index contributed by atoms with van der Waals surface area (Å²) in [5.74, 6) is -0.452. The number of para-hydroxylation sites is 1. The fraction of sp³-hybridized carbons (Fsp3) is 0.130. The number of hydrogen-bond donors (Lipinski definition) is 3. The smallest absolute Gasteiger partial charge is 0.253 e. The highest BCUT2D eigenvalue weighted by molar-refractivity contribution is 7.99. The largest absolute Gasteiger partial charge is 0.355 e. The van der Waals surface area contributed by atoms with Gasteiger partial charge in [0.1, 0.15) is 0 Å². The van der Waals surface area contributed by atoms with Gasteiger partial charge in [-0.15, -0.1) is 0 Å². The van der Waals surface area contributed by atoms with E-state index < -0.39 is 0 Å². The maximum Gasteiger partial charge on any atom is 0.253 e. The Kier molecular flexibility index (Phi) is 5.03. The predicted molar refractivity (Wildman–Crippen MR) is 117 cm³/mol. The van der Waals surface area contributed by atoms with Crippen molar-refractivity contribution in [3.63, 3.8) is 0 Å². The summed E-state index contributed by atoms with van der Waals surface area (Å²) < 4.78 is 0. The third-order valence-electron chi connectivity index (χ3n) is 5.02. The van der Waals surface area contributed by atoms with Gasteiger partial charge in [0, 0.05) is 29.4 Å². The lowest BCUT2D eigenvalue weighted by molar-refractivity contribution is 0.0962. The van der Waals surface area contributed by atoms with Gasteiger partial charge in [0.2, 0.25) is 0 Å². The second-order valence-corrected chi connectivity index (χ2v) is 7.75. The minimum absolute atomic E-state index is 0.214. The number of carbonyl (C=O) groups is 2. The Morgan fingerprint density at radius 2 is 1.48 bits per heavy atom. The molecule has 29 heavy (non-hydrogen) atoms. The van der Waals surface area contributed by atoms with Gasteiger partial charge < -0.3 is 16.0 Å². The van der Waals surface area contributed by atoms with Gasteiger partial charge in [0.05, 0.1) is 22.5 Å². The van der Waals surface area contributed by atoms with Crippen LogP contribution in [0, 0.1) is 6.92 Å². The first kappa shape index (κ1) is 19.1. The molecule has 0 unspecified atom stereocenters. The van der Waals surface area contributed by atoms with Crippen molar-refractivity contribution in [2.24, 2.45) is 0 Å². The summed E-state index contributed by atoms with van der Waals surface area (Å²) in [7, 11) is 3.21. The average Bonchev–Trinajstić information content (AvgIpc) is 2.77. The van der Waals surface area contributed by atoms with Gasteiger partial charge in [-0.25, -0.2) is 0 Å². The number of rotatable bonds is 3. The summed E-state index contributed by atoms with van der Waals surface area (Å²) in [6, 6.07) is 17.5. The van der Waals surface area contributed by atoms with Crippen LogP contribution in [0.3, 0.4) is 0 Å². The molecule has 0 saturated heterocycles. The van der Waals surface area contributed by atoms with E-state index in [1.807, 2.05) is 61.5 Å². The van der Waals surface area contributed by atoms with Crippen LogP contribution in [0.2, 0.25) is 0 Å². The van der Waals surface area contributed by atoms with E-state index in [0.29, 0.717) is 16.7 Å². The molecule has 6 heteroatoms. The summed E-state index contributed by atoms with van der Waals surface area (Å²) in [5, 5.41) is 8.94. The second kappa shape index (κ2) is 7.64. The van der Waals surface area contributed by atoms with Crippen molar-refractivity contribution >= 4 is 35.0 Å². The summed E-state index contributed by atoms with van der Waals surface area (Å²) >= 11 is 1.57. The van der Waals surface area contributed by atoms with Crippen LogP contribution in [-0.4, -0.2) is 25.9 Å². The normalized spacial score (nSPS) is 11.7. The molecular formula is C23H21N3O2S. The number of hydrogen-bond acceptors (Lipinski definition) is 4. The molecule has 3 N–H and O–H groups in total. The van der Waals surface area contributed by atoms with Crippen LogP contribution in [0.4, 0.5) is 11.4 Å². The molecule has 0 aromatic heterocycles. The highest BCUT2D eigenvalue weighted by atomic mass is 32.2. The lowest BCUT2D eigenvalue weighted by Crippen LogP contribution is -2.26. The fourth-order valence-electron chi connectivity index (χ4n) is 3.66. The number of fused-ring (bicyclic) bond motifs is 2. The van der Waals surface area contributed by atoms with Crippen LogP contribution >= 0.6 is 11.8 Å². The van der Waals surface area contributed by atoms with E-state index in [2.05, 4.69) is 16.0 Å². The van der Waals surface area contributed by atoms with E-state index in [0.717, 1.165) is 32.3 Å². The molecule has 5 nitrogen and oxygen atoms in total. The van der Waals surface area contributed by atoms with Gasteiger partial charge >= 0.3 is 0 Å². The Hall–Kier alpha value is -3.25. The minimum atomic E-state index is -0.238. The third-order valence-corrected chi connectivity index (χ3v) is 6.31. The first-order chi connectivity index (χ1) is 14.1. The van der Waals surface area contributed by atoms with Crippen molar-refractivity contribution in [3.05, 3.63) is 71.3 Å². The highest BCUT2D eigenvalue weighted by Crippen LogP contribution is 2.50. The zero-order chi connectivity index (χ0) is 20.5. The molecule has 3 aromatic carbocycles. The molecule has 0 aliphatic carbocycles. The van der Waals surface area contributed by atoms with E-state index in [1.165, 1.54) is 0 Å². The maximum absolute atomic E-state index is 13.1. The zero-order valence-electron chi connectivity index (χ0n) is 16.4. The van der Waals surface area contributed by atoms with Crippen molar-refractivity contribution < 1.29 is 9.59 Å². The predicted octanol–water partition coefficient (Wildman–Crippen LogP) is 4.59. The summed E-state index contributed by atoms with van der Waals surface area (Å²) in [6.07, 6.45) is 0. The Balaban J connectivity index is 2.11. The number of benzene rings is 3. The minimum Gasteiger partial charge on any atom is -0.355 e. The van der Waals surface area contributed by atoms with Crippen LogP contribution in [0.1, 0.15) is 26.3 Å². The molecule has 0 saturated carbocycles. The van der Waals surface area contributed by atoms with E-state index in [1.54, 1.807) is 25.9 Å². The second-order valence-electron chi connectivity index (χ2n) is 6.70. The molecular weight excluding hydrogens is 382 g/mol.